The number of carbonyl (C=O) groups is 1. The van der Waals surface area contributed by atoms with Gasteiger partial charge < -0.3 is 15.4 Å². The minimum Gasteiger partial charge on any atom is -0.491 e. The van der Waals surface area contributed by atoms with Crippen LogP contribution in [0.3, 0.4) is 0 Å². The molecule has 0 aliphatic carbocycles. The van der Waals surface area contributed by atoms with Gasteiger partial charge in [0, 0.05) is 18.1 Å². The van der Waals surface area contributed by atoms with Crippen LogP contribution in [0.2, 0.25) is 5.02 Å². The number of nitrogens with zero attached hydrogens (tertiary/aromatic N) is 1. The summed E-state index contributed by atoms with van der Waals surface area (Å²) >= 11 is 6.04. The van der Waals surface area contributed by atoms with Crippen LogP contribution in [-0.2, 0) is 4.79 Å². The summed E-state index contributed by atoms with van der Waals surface area (Å²) in [5, 5.41) is 7.51. The highest BCUT2D eigenvalue weighted by Gasteiger charge is 2.04. The summed E-state index contributed by atoms with van der Waals surface area (Å²) in [6, 6.07) is 17.1. The first kappa shape index (κ1) is 18.0. The fourth-order valence-corrected chi connectivity index (χ4v) is 2.72. The summed E-state index contributed by atoms with van der Waals surface area (Å²) in [6.07, 6.45) is 2.46. The van der Waals surface area contributed by atoms with Gasteiger partial charge in [0.15, 0.2) is 0 Å². The second kappa shape index (κ2) is 9.06. The molecule has 0 atom stereocenters. The van der Waals surface area contributed by atoms with E-state index >= 15 is 0 Å². The Labute approximate surface area is 157 Å². The molecule has 1 amide bonds. The van der Waals surface area contributed by atoms with Gasteiger partial charge >= 0.3 is 0 Å². The quantitative estimate of drug-likeness (QED) is 0.591. The van der Waals surface area contributed by atoms with Crippen molar-refractivity contribution < 1.29 is 9.53 Å². The predicted octanol–water partition coefficient (Wildman–Crippen LogP) is 3.89. The number of pyridine rings is 1. The topological polar surface area (TPSA) is 63.2 Å². The molecule has 5 nitrogen and oxygen atoms in total. The first-order valence-electron chi connectivity index (χ1n) is 8.46. The Morgan fingerprint density at radius 2 is 1.92 bits per heavy atom. The van der Waals surface area contributed by atoms with E-state index in [1.54, 1.807) is 12.3 Å². The van der Waals surface area contributed by atoms with E-state index in [-0.39, 0.29) is 12.5 Å². The lowest BCUT2D eigenvalue weighted by Crippen LogP contribution is -2.31. The number of nitrogens with one attached hydrogen (secondary N) is 2. The van der Waals surface area contributed by atoms with Crippen LogP contribution < -0.4 is 15.4 Å². The second-order valence-corrected chi connectivity index (χ2v) is 6.12. The SMILES string of the molecule is O=C(CNc1ccccc1Cl)NCCCOc1cccc2cccnc12. The van der Waals surface area contributed by atoms with Crippen LogP contribution in [-0.4, -0.2) is 30.6 Å². The van der Waals surface area contributed by atoms with Gasteiger partial charge in [-0.3, -0.25) is 9.78 Å². The molecule has 0 radical (unpaired) electrons. The van der Waals surface area contributed by atoms with E-state index < -0.39 is 0 Å². The molecule has 6 heteroatoms. The standard InChI is InChI=1S/C20H20ClN3O2/c21-16-8-1-2-9-17(16)24-14-19(25)22-12-5-13-26-18-10-3-6-15-7-4-11-23-20(15)18/h1-4,6-11,24H,5,12-14H2,(H,22,25). The van der Waals surface area contributed by atoms with Gasteiger partial charge in [-0.15, -0.1) is 0 Å². The number of halogens is 1. The molecule has 3 rings (SSSR count). The number of para-hydroxylation sites is 2. The van der Waals surface area contributed by atoms with Crippen LogP contribution in [0, 0.1) is 0 Å². The number of hydrogen-bond acceptors (Lipinski definition) is 4. The normalized spacial score (nSPS) is 10.5. The molecule has 134 valence electrons. The average Bonchev–Trinajstić information content (AvgIpc) is 2.67. The summed E-state index contributed by atoms with van der Waals surface area (Å²) < 4.78 is 5.80. The van der Waals surface area contributed by atoms with Gasteiger partial charge in [0.2, 0.25) is 5.91 Å². The Balaban J connectivity index is 1.37. The minimum absolute atomic E-state index is 0.0863. The Morgan fingerprint density at radius 3 is 2.81 bits per heavy atom. The summed E-state index contributed by atoms with van der Waals surface area (Å²) in [5.41, 5.74) is 1.60. The molecular formula is C20H20ClN3O2. The fraction of sp³-hybridized carbons (Fsp3) is 0.200. The molecule has 2 N–H and O–H groups in total. The van der Waals surface area contributed by atoms with Crippen LogP contribution >= 0.6 is 11.6 Å². The molecule has 1 aromatic heterocycles. The Morgan fingerprint density at radius 1 is 1.08 bits per heavy atom. The minimum atomic E-state index is -0.0863. The van der Waals surface area contributed by atoms with Gasteiger partial charge in [-0.1, -0.05) is 41.9 Å². The number of anilines is 1. The maximum absolute atomic E-state index is 11.9. The van der Waals surface area contributed by atoms with Crippen molar-refractivity contribution in [3.05, 3.63) is 65.8 Å². The third-order valence-corrected chi connectivity index (χ3v) is 4.14. The highest BCUT2D eigenvalue weighted by atomic mass is 35.5. The molecule has 0 aliphatic heterocycles. The third-order valence-electron chi connectivity index (χ3n) is 3.81. The third kappa shape index (κ3) is 4.86. The van der Waals surface area contributed by atoms with Crippen molar-refractivity contribution in [3.63, 3.8) is 0 Å². The Bertz CT molecular complexity index is 880. The molecule has 0 bridgehead atoms. The molecular weight excluding hydrogens is 350 g/mol. The highest BCUT2D eigenvalue weighted by molar-refractivity contribution is 6.33. The van der Waals surface area contributed by atoms with Crippen LogP contribution in [0.1, 0.15) is 6.42 Å². The predicted molar refractivity (Wildman–Crippen MR) is 105 cm³/mol. The second-order valence-electron chi connectivity index (χ2n) is 5.72. The van der Waals surface area contributed by atoms with Crippen molar-refractivity contribution in [1.29, 1.82) is 0 Å². The highest BCUT2D eigenvalue weighted by Crippen LogP contribution is 2.23. The molecule has 26 heavy (non-hydrogen) atoms. The number of fused-ring (bicyclic) bond motifs is 1. The first-order chi connectivity index (χ1) is 12.7. The van der Waals surface area contributed by atoms with Crippen molar-refractivity contribution >= 4 is 34.1 Å². The number of ether oxygens (including phenoxy) is 1. The lowest BCUT2D eigenvalue weighted by atomic mass is 10.2. The smallest absolute Gasteiger partial charge is 0.239 e. The molecule has 0 saturated heterocycles. The monoisotopic (exact) mass is 369 g/mol. The van der Waals surface area contributed by atoms with Gasteiger partial charge in [-0.05, 0) is 30.7 Å². The van der Waals surface area contributed by atoms with Crippen molar-refractivity contribution in [3.8, 4) is 5.75 Å². The number of rotatable bonds is 8. The van der Waals surface area contributed by atoms with Crippen LogP contribution in [0.25, 0.3) is 10.9 Å². The van der Waals surface area contributed by atoms with Crippen LogP contribution in [0.15, 0.2) is 60.8 Å². The lowest BCUT2D eigenvalue weighted by molar-refractivity contribution is -0.119. The van der Waals surface area contributed by atoms with Gasteiger partial charge in [0.05, 0.1) is 23.9 Å². The van der Waals surface area contributed by atoms with Gasteiger partial charge in [-0.2, -0.15) is 0 Å². The van der Waals surface area contributed by atoms with Crippen molar-refractivity contribution in [2.75, 3.05) is 25.0 Å². The lowest BCUT2D eigenvalue weighted by Gasteiger charge is -2.10. The molecule has 0 fully saturated rings. The number of carbonyl (C=O) groups excluding carboxylic acids is 1. The molecule has 0 saturated carbocycles. The molecule has 0 spiro atoms. The van der Waals surface area contributed by atoms with Gasteiger partial charge in [0.25, 0.3) is 0 Å². The van der Waals surface area contributed by atoms with Crippen LogP contribution in [0.5, 0.6) is 5.75 Å². The molecule has 3 aromatic rings. The number of benzene rings is 2. The van der Waals surface area contributed by atoms with E-state index in [2.05, 4.69) is 15.6 Å². The van der Waals surface area contributed by atoms with Crippen molar-refractivity contribution in [2.45, 2.75) is 6.42 Å². The van der Waals surface area contributed by atoms with E-state index in [0.717, 1.165) is 22.3 Å². The van der Waals surface area contributed by atoms with Gasteiger partial charge in [0.1, 0.15) is 11.3 Å². The summed E-state index contributed by atoms with van der Waals surface area (Å²) in [6.45, 7) is 1.23. The fourth-order valence-electron chi connectivity index (χ4n) is 2.52. The van der Waals surface area contributed by atoms with E-state index in [0.29, 0.717) is 24.6 Å². The Hall–Kier alpha value is -2.79. The summed E-state index contributed by atoms with van der Waals surface area (Å²) in [7, 11) is 0. The largest absolute Gasteiger partial charge is 0.491 e. The number of amides is 1. The van der Waals surface area contributed by atoms with E-state index in [1.807, 2.05) is 48.5 Å². The Kier molecular flexibility index (Phi) is 6.28. The molecule has 2 aromatic carbocycles. The van der Waals surface area contributed by atoms with Crippen LogP contribution in [0.4, 0.5) is 5.69 Å². The number of aromatic nitrogens is 1. The summed E-state index contributed by atoms with van der Waals surface area (Å²) in [4.78, 5) is 16.2. The maximum atomic E-state index is 11.9. The zero-order valence-corrected chi connectivity index (χ0v) is 15.0. The maximum Gasteiger partial charge on any atom is 0.239 e. The van der Waals surface area contributed by atoms with Crippen molar-refractivity contribution in [2.24, 2.45) is 0 Å². The van der Waals surface area contributed by atoms with Crippen molar-refractivity contribution in [1.82, 2.24) is 10.3 Å². The molecule has 0 aliphatic rings. The first-order valence-corrected chi connectivity index (χ1v) is 8.83. The molecule has 0 unspecified atom stereocenters. The zero-order valence-electron chi connectivity index (χ0n) is 14.2. The summed E-state index contributed by atoms with van der Waals surface area (Å²) in [5.74, 6) is 0.673. The zero-order chi connectivity index (χ0) is 18.2. The number of hydrogen-bond donors (Lipinski definition) is 2. The van der Waals surface area contributed by atoms with Gasteiger partial charge in [-0.25, -0.2) is 0 Å². The average molecular weight is 370 g/mol. The molecule has 1 heterocycles. The van der Waals surface area contributed by atoms with E-state index in [1.165, 1.54) is 0 Å². The van der Waals surface area contributed by atoms with E-state index in [9.17, 15) is 4.79 Å². The van der Waals surface area contributed by atoms with E-state index in [4.69, 9.17) is 16.3 Å².